The molecule has 18 heavy (non-hydrogen) atoms. The lowest BCUT2D eigenvalue weighted by atomic mass is 10.2. The lowest BCUT2D eigenvalue weighted by Gasteiger charge is -2.10. The molecule has 0 fully saturated rings. The van der Waals surface area contributed by atoms with E-state index in [9.17, 15) is 5.11 Å². The van der Waals surface area contributed by atoms with Gasteiger partial charge in [0.2, 0.25) is 0 Å². The summed E-state index contributed by atoms with van der Waals surface area (Å²) in [7, 11) is 0. The highest BCUT2D eigenvalue weighted by Crippen LogP contribution is 2.26. The fourth-order valence-electron chi connectivity index (χ4n) is 1.63. The van der Waals surface area contributed by atoms with Crippen LogP contribution in [-0.4, -0.2) is 11.7 Å². The first-order valence-corrected chi connectivity index (χ1v) is 5.93. The topological polar surface area (TPSA) is 38.7 Å². The summed E-state index contributed by atoms with van der Waals surface area (Å²) in [5.41, 5.74) is 0.770. The predicted molar refractivity (Wildman–Crippen MR) is 70.0 cm³/mol. The van der Waals surface area contributed by atoms with Gasteiger partial charge in [0.15, 0.2) is 0 Å². The summed E-state index contributed by atoms with van der Waals surface area (Å²) in [6.45, 7) is 2.56. The highest BCUT2D eigenvalue weighted by atomic mass is 16.5. The quantitative estimate of drug-likeness (QED) is 0.876. The molecule has 0 aliphatic rings. The summed E-state index contributed by atoms with van der Waals surface area (Å²) in [5, 5.41) is 9.21. The Kier molecular flexibility index (Phi) is 4.20. The summed E-state index contributed by atoms with van der Waals surface area (Å²) >= 11 is 0. The zero-order valence-electron chi connectivity index (χ0n) is 10.3. The lowest BCUT2D eigenvalue weighted by molar-refractivity contribution is 0.276. The van der Waals surface area contributed by atoms with Crippen LogP contribution in [0.2, 0.25) is 0 Å². The molecule has 0 saturated carbocycles. The Morgan fingerprint density at radius 2 is 1.61 bits per heavy atom. The number of benzene rings is 2. The third-order valence-corrected chi connectivity index (χ3v) is 2.51. The van der Waals surface area contributed by atoms with Crippen LogP contribution in [0.3, 0.4) is 0 Å². The molecule has 0 bridgehead atoms. The zero-order chi connectivity index (χ0) is 12.8. The molecule has 0 unspecified atom stereocenters. The van der Waals surface area contributed by atoms with Crippen LogP contribution in [0.4, 0.5) is 0 Å². The van der Waals surface area contributed by atoms with Crippen LogP contribution in [0, 0.1) is 0 Å². The van der Waals surface area contributed by atoms with Gasteiger partial charge in [0.1, 0.15) is 17.2 Å². The third kappa shape index (κ3) is 3.02. The minimum Gasteiger partial charge on any atom is -0.494 e. The Labute approximate surface area is 107 Å². The number of ether oxygens (including phenoxy) is 2. The molecule has 0 atom stereocenters. The van der Waals surface area contributed by atoms with Crippen LogP contribution in [0.5, 0.6) is 17.2 Å². The van der Waals surface area contributed by atoms with Gasteiger partial charge >= 0.3 is 0 Å². The van der Waals surface area contributed by atoms with Gasteiger partial charge in [-0.2, -0.15) is 0 Å². The molecule has 94 valence electrons. The lowest BCUT2D eigenvalue weighted by Crippen LogP contribution is -1.93. The second kappa shape index (κ2) is 6.07. The van der Waals surface area contributed by atoms with Gasteiger partial charge in [-0.25, -0.2) is 0 Å². The van der Waals surface area contributed by atoms with E-state index in [1.54, 1.807) is 0 Å². The van der Waals surface area contributed by atoms with E-state index in [0.29, 0.717) is 12.4 Å². The SMILES string of the molecule is CCOc1ccc(Oc2ccccc2CO)cc1. The summed E-state index contributed by atoms with van der Waals surface area (Å²) in [4.78, 5) is 0. The first-order valence-electron chi connectivity index (χ1n) is 5.93. The molecule has 0 aliphatic heterocycles. The number of rotatable bonds is 5. The second-order valence-electron chi connectivity index (χ2n) is 3.77. The molecule has 2 aromatic carbocycles. The minimum atomic E-state index is -0.0345. The maximum Gasteiger partial charge on any atom is 0.132 e. The minimum absolute atomic E-state index is 0.0345. The van der Waals surface area contributed by atoms with Gasteiger partial charge in [-0.15, -0.1) is 0 Å². The van der Waals surface area contributed by atoms with Crippen molar-refractivity contribution in [2.24, 2.45) is 0 Å². The molecular formula is C15H16O3. The fraction of sp³-hybridized carbons (Fsp3) is 0.200. The van der Waals surface area contributed by atoms with E-state index in [1.165, 1.54) is 0 Å². The van der Waals surface area contributed by atoms with Crippen molar-refractivity contribution < 1.29 is 14.6 Å². The second-order valence-corrected chi connectivity index (χ2v) is 3.77. The molecule has 2 aromatic rings. The average Bonchev–Trinajstić information content (AvgIpc) is 2.42. The van der Waals surface area contributed by atoms with E-state index < -0.39 is 0 Å². The normalized spacial score (nSPS) is 10.1. The number of hydrogen-bond donors (Lipinski definition) is 1. The maximum absolute atomic E-state index is 9.21. The van der Waals surface area contributed by atoms with Crippen molar-refractivity contribution in [2.75, 3.05) is 6.61 Å². The van der Waals surface area contributed by atoms with Gasteiger partial charge in [0.25, 0.3) is 0 Å². The van der Waals surface area contributed by atoms with E-state index in [4.69, 9.17) is 9.47 Å². The van der Waals surface area contributed by atoms with Gasteiger partial charge < -0.3 is 14.6 Å². The molecule has 1 N–H and O–H groups in total. The number of hydrogen-bond acceptors (Lipinski definition) is 3. The zero-order valence-corrected chi connectivity index (χ0v) is 10.3. The fourth-order valence-corrected chi connectivity index (χ4v) is 1.63. The third-order valence-electron chi connectivity index (χ3n) is 2.51. The smallest absolute Gasteiger partial charge is 0.132 e. The van der Waals surface area contributed by atoms with Gasteiger partial charge in [0.05, 0.1) is 13.2 Å². The molecule has 0 heterocycles. The molecule has 0 spiro atoms. The highest BCUT2D eigenvalue weighted by molar-refractivity contribution is 5.39. The molecule has 2 rings (SSSR count). The van der Waals surface area contributed by atoms with Crippen LogP contribution in [0.15, 0.2) is 48.5 Å². The van der Waals surface area contributed by atoms with Crippen molar-refractivity contribution in [3.63, 3.8) is 0 Å². The Morgan fingerprint density at radius 1 is 0.944 bits per heavy atom. The number of aliphatic hydroxyl groups is 1. The van der Waals surface area contributed by atoms with Crippen molar-refractivity contribution in [2.45, 2.75) is 13.5 Å². The van der Waals surface area contributed by atoms with E-state index in [2.05, 4.69) is 0 Å². The van der Waals surface area contributed by atoms with Crippen molar-refractivity contribution in [1.29, 1.82) is 0 Å². The molecule has 0 amide bonds. The van der Waals surface area contributed by atoms with Crippen LogP contribution < -0.4 is 9.47 Å². The maximum atomic E-state index is 9.21. The molecule has 0 aliphatic carbocycles. The van der Waals surface area contributed by atoms with Gasteiger partial charge in [-0.1, -0.05) is 18.2 Å². The largest absolute Gasteiger partial charge is 0.494 e. The van der Waals surface area contributed by atoms with Crippen molar-refractivity contribution in [3.8, 4) is 17.2 Å². The first-order chi connectivity index (χ1) is 8.83. The number of para-hydroxylation sites is 1. The van der Waals surface area contributed by atoms with E-state index in [1.807, 2.05) is 55.5 Å². The van der Waals surface area contributed by atoms with Gasteiger partial charge in [-0.05, 0) is 37.3 Å². The van der Waals surface area contributed by atoms with Crippen LogP contribution >= 0.6 is 0 Å². The van der Waals surface area contributed by atoms with E-state index in [0.717, 1.165) is 17.1 Å². The number of aliphatic hydroxyl groups excluding tert-OH is 1. The first kappa shape index (κ1) is 12.5. The van der Waals surface area contributed by atoms with Crippen LogP contribution in [0.1, 0.15) is 12.5 Å². The Morgan fingerprint density at radius 3 is 2.28 bits per heavy atom. The molecule has 0 saturated heterocycles. The van der Waals surface area contributed by atoms with Crippen molar-refractivity contribution in [1.82, 2.24) is 0 Å². The highest BCUT2D eigenvalue weighted by Gasteiger charge is 2.03. The Balaban J connectivity index is 2.13. The van der Waals surface area contributed by atoms with E-state index >= 15 is 0 Å². The standard InChI is InChI=1S/C15H16O3/c1-2-17-13-7-9-14(10-8-13)18-15-6-4-3-5-12(15)11-16/h3-10,16H,2,11H2,1H3. The van der Waals surface area contributed by atoms with Gasteiger partial charge in [-0.3, -0.25) is 0 Å². The summed E-state index contributed by atoms with van der Waals surface area (Å²) in [5.74, 6) is 2.21. The Bertz CT molecular complexity index is 491. The summed E-state index contributed by atoms with van der Waals surface area (Å²) in [6, 6.07) is 14.8. The Hall–Kier alpha value is -2.00. The average molecular weight is 244 g/mol. The molecule has 0 radical (unpaired) electrons. The van der Waals surface area contributed by atoms with Crippen molar-refractivity contribution >= 4 is 0 Å². The molecule has 3 heteroatoms. The summed E-state index contributed by atoms with van der Waals surface area (Å²) < 4.78 is 11.1. The predicted octanol–water partition coefficient (Wildman–Crippen LogP) is 3.37. The summed E-state index contributed by atoms with van der Waals surface area (Å²) in [6.07, 6.45) is 0. The van der Waals surface area contributed by atoms with Gasteiger partial charge in [0, 0.05) is 5.56 Å². The van der Waals surface area contributed by atoms with Crippen LogP contribution in [0.25, 0.3) is 0 Å². The molecular weight excluding hydrogens is 228 g/mol. The molecule has 3 nitrogen and oxygen atoms in total. The van der Waals surface area contributed by atoms with Crippen molar-refractivity contribution in [3.05, 3.63) is 54.1 Å². The van der Waals surface area contributed by atoms with E-state index in [-0.39, 0.29) is 6.61 Å². The van der Waals surface area contributed by atoms with Crippen LogP contribution in [-0.2, 0) is 6.61 Å². The monoisotopic (exact) mass is 244 g/mol. The molecule has 0 aromatic heterocycles.